The molecule has 3 unspecified atom stereocenters. The number of nitrogens with zero attached hydrogens (tertiary/aromatic N) is 1. The van der Waals surface area contributed by atoms with Crippen molar-refractivity contribution in [1.82, 2.24) is 0 Å². The average molecular weight is 356 g/mol. The lowest BCUT2D eigenvalue weighted by molar-refractivity contribution is -0.385. The number of ether oxygens (including phenoxy) is 1. The second-order valence-corrected chi connectivity index (χ2v) is 7.01. The highest BCUT2D eigenvalue weighted by Gasteiger charge is 2.28. The molecule has 1 saturated carbocycles. The van der Waals surface area contributed by atoms with Crippen LogP contribution in [0.2, 0.25) is 0 Å². The number of alkyl halides is 1. The van der Waals surface area contributed by atoms with Gasteiger partial charge in [0.25, 0.3) is 0 Å². The topological polar surface area (TPSA) is 52.4 Å². The molecule has 0 aromatic heterocycles. The van der Waals surface area contributed by atoms with Crippen molar-refractivity contribution in [3.8, 4) is 5.75 Å². The zero-order chi connectivity index (χ0) is 15.4. The molecule has 116 valence electrons. The van der Waals surface area contributed by atoms with Gasteiger partial charge in [0.15, 0.2) is 5.75 Å². The zero-order valence-electron chi connectivity index (χ0n) is 12.5. The van der Waals surface area contributed by atoms with E-state index in [4.69, 9.17) is 4.74 Å². The third-order valence-corrected chi connectivity index (χ3v) is 5.72. The van der Waals surface area contributed by atoms with Crippen LogP contribution in [0.25, 0.3) is 0 Å². The maximum Gasteiger partial charge on any atom is 0.311 e. The minimum Gasteiger partial charge on any atom is -0.490 e. The molecule has 2 rings (SSSR count). The number of nitro groups is 1. The molecule has 21 heavy (non-hydrogen) atoms. The molecule has 0 aliphatic heterocycles. The summed E-state index contributed by atoms with van der Waals surface area (Å²) < 4.78 is 5.06. The number of methoxy groups -OCH3 is 1. The monoisotopic (exact) mass is 355 g/mol. The van der Waals surface area contributed by atoms with Gasteiger partial charge < -0.3 is 4.74 Å². The number of hydrogen-bond acceptors (Lipinski definition) is 3. The molecule has 0 amide bonds. The molecule has 1 fully saturated rings. The normalized spacial score (nSPS) is 25.6. The van der Waals surface area contributed by atoms with E-state index >= 15 is 0 Å². The minimum atomic E-state index is -0.371. The maximum atomic E-state index is 11.1. The van der Waals surface area contributed by atoms with Gasteiger partial charge in [0.05, 0.1) is 12.0 Å². The summed E-state index contributed by atoms with van der Waals surface area (Å²) in [6.07, 6.45) is 5.79. The molecule has 0 spiro atoms. The van der Waals surface area contributed by atoms with Crippen molar-refractivity contribution in [3.05, 3.63) is 33.9 Å². The Bertz CT molecular complexity index is 506. The average Bonchev–Trinajstić information content (AvgIpc) is 2.49. The largest absolute Gasteiger partial charge is 0.490 e. The SMILES string of the molecule is CCC1CCC(Br)C(Cc2ccc(OC)c([N+](=O)[O-])c2)C1. The van der Waals surface area contributed by atoms with Crippen molar-refractivity contribution in [2.45, 2.75) is 43.9 Å². The van der Waals surface area contributed by atoms with Crippen LogP contribution in [0.3, 0.4) is 0 Å². The number of nitro benzene ring substituents is 1. The Morgan fingerprint density at radius 1 is 1.43 bits per heavy atom. The Labute approximate surface area is 134 Å². The lowest BCUT2D eigenvalue weighted by atomic mass is 9.77. The summed E-state index contributed by atoms with van der Waals surface area (Å²) in [5.41, 5.74) is 1.08. The molecule has 1 aromatic carbocycles. The van der Waals surface area contributed by atoms with Gasteiger partial charge in [-0.1, -0.05) is 35.3 Å². The molecular weight excluding hydrogens is 334 g/mol. The van der Waals surface area contributed by atoms with E-state index < -0.39 is 0 Å². The molecule has 1 aliphatic rings. The summed E-state index contributed by atoms with van der Waals surface area (Å²) in [6.45, 7) is 2.24. The Kier molecular flexibility index (Phi) is 5.62. The fraction of sp³-hybridized carbons (Fsp3) is 0.625. The van der Waals surface area contributed by atoms with Gasteiger partial charge in [-0.05, 0) is 49.1 Å². The molecule has 0 bridgehead atoms. The molecular formula is C16H22BrNO3. The quantitative estimate of drug-likeness (QED) is 0.435. The summed E-state index contributed by atoms with van der Waals surface area (Å²) in [4.78, 5) is 11.2. The smallest absolute Gasteiger partial charge is 0.311 e. The van der Waals surface area contributed by atoms with Gasteiger partial charge in [-0.3, -0.25) is 10.1 Å². The number of rotatable bonds is 5. The van der Waals surface area contributed by atoms with Crippen LogP contribution in [0.1, 0.15) is 38.2 Å². The first kappa shape index (κ1) is 16.3. The van der Waals surface area contributed by atoms with Crippen LogP contribution in [0, 0.1) is 22.0 Å². The highest BCUT2D eigenvalue weighted by Crippen LogP contribution is 2.38. The van der Waals surface area contributed by atoms with E-state index in [-0.39, 0.29) is 10.6 Å². The van der Waals surface area contributed by atoms with Crippen molar-refractivity contribution in [2.75, 3.05) is 7.11 Å². The van der Waals surface area contributed by atoms with Gasteiger partial charge in [0.1, 0.15) is 0 Å². The molecule has 1 aromatic rings. The van der Waals surface area contributed by atoms with Crippen LogP contribution >= 0.6 is 15.9 Å². The van der Waals surface area contributed by atoms with E-state index in [2.05, 4.69) is 22.9 Å². The van der Waals surface area contributed by atoms with Crippen LogP contribution in [-0.4, -0.2) is 16.9 Å². The fourth-order valence-electron chi connectivity index (χ4n) is 3.21. The van der Waals surface area contributed by atoms with Crippen molar-refractivity contribution in [2.24, 2.45) is 11.8 Å². The Hall–Kier alpha value is -1.10. The van der Waals surface area contributed by atoms with Crippen molar-refractivity contribution >= 4 is 21.6 Å². The van der Waals surface area contributed by atoms with E-state index in [1.165, 1.54) is 32.8 Å². The highest BCUT2D eigenvalue weighted by atomic mass is 79.9. The third kappa shape index (κ3) is 3.96. The number of hydrogen-bond donors (Lipinski definition) is 0. The van der Waals surface area contributed by atoms with Crippen molar-refractivity contribution in [1.29, 1.82) is 0 Å². The van der Waals surface area contributed by atoms with Gasteiger partial charge in [0.2, 0.25) is 0 Å². The van der Waals surface area contributed by atoms with Gasteiger partial charge in [-0.15, -0.1) is 0 Å². The van der Waals surface area contributed by atoms with E-state index in [1.807, 2.05) is 6.07 Å². The van der Waals surface area contributed by atoms with E-state index in [1.54, 1.807) is 12.1 Å². The first-order chi connectivity index (χ1) is 10.0. The minimum absolute atomic E-state index is 0.0592. The van der Waals surface area contributed by atoms with E-state index in [0.29, 0.717) is 16.5 Å². The molecule has 1 aliphatic carbocycles. The van der Waals surface area contributed by atoms with Crippen LogP contribution in [0.5, 0.6) is 5.75 Å². The predicted octanol–water partition coefficient (Wildman–Crippen LogP) is 4.74. The Morgan fingerprint density at radius 2 is 2.19 bits per heavy atom. The molecule has 0 heterocycles. The first-order valence-corrected chi connectivity index (χ1v) is 8.42. The Morgan fingerprint density at radius 3 is 2.81 bits per heavy atom. The lowest BCUT2D eigenvalue weighted by Crippen LogP contribution is -2.26. The van der Waals surface area contributed by atoms with Crippen LogP contribution < -0.4 is 4.74 Å². The van der Waals surface area contributed by atoms with Crippen LogP contribution in [0.15, 0.2) is 18.2 Å². The summed E-state index contributed by atoms with van der Waals surface area (Å²) >= 11 is 3.79. The standard InChI is InChI=1S/C16H22BrNO3/c1-3-11-4-6-14(17)13(8-11)9-12-5-7-16(21-2)15(10-12)18(19)20/h5,7,10-11,13-14H,3-4,6,8-9H2,1-2H3. The van der Waals surface area contributed by atoms with Crippen LogP contribution in [-0.2, 0) is 6.42 Å². The number of benzene rings is 1. The molecule has 5 heteroatoms. The van der Waals surface area contributed by atoms with E-state index in [0.717, 1.165) is 17.9 Å². The summed E-state index contributed by atoms with van der Waals surface area (Å²) in [6, 6.07) is 5.31. The van der Waals surface area contributed by atoms with Crippen LogP contribution in [0.4, 0.5) is 5.69 Å². The predicted molar refractivity (Wildman–Crippen MR) is 87.2 cm³/mol. The molecule has 0 saturated heterocycles. The molecule has 4 nitrogen and oxygen atoms in total. The molecule has 3 atom stereocenters. The van der Waals surface area contributed by atoms with Crippen molar-refractivity contribution < 1.29 is 9.66 Å². The van der Waals surface area contributed by atoms with Gasteiger partial charge in [0, 0.05) is 10.9 Å². The highest BCUT2D eigenvalue weighted by molar-refractivity contribution is 9.09. The lowest BCUT2D eigenvalue weighted by Gasteiger charge is -2.33. The van der Waals surface area contributed by atoms with Gasteiger partial charge >= 0.3 is 5.69 Å². The first-order valence-electron chi connectivity index (χ1n) is 7.50. The molecule has 0 N–H and O–H groups in total. The second kappa shape index (κ2) is 7.25. The van der Waals surface area contributed by atoms with Crippen molar-refractivity contribution in [3.63, 3.8) is 0 Å². The third-order valence-electron chi connectivity index (χ3n) is 4.51. The summed E-state index contributed by atoms with van der Waals surface area (Å²) in [5.74, 6) is 1.67. The fourth-order valence-corrected chi connectivity index (χ4v) is 3.88. The second-order valence-electron chi connectivity index (χ2n) is 5.83. The Balaban J connectivity index is 2.15. The zero-order valence-corrected chi connectivity index (χ0v) is 14.1. The van der Waals surface area contributed by atoms with Gasteiger partial charge in [-0.2, -0.15) is 0 Å². The molecule has 0 radical (unpaired) electrons. The van der Waals surface area contributed by atoms with E-state index in [9.17, 15) is 10.1 Å². The summed E-state index contributed by atoms with van der Waals surface area (Å²) in [7, 11) is 1.46. The summed E-state index contributed by atoms with van der Waals surface area (Å²) in [5, 5.41) is 11.1. The van der Waals surface area contributed by atoms with Gasteiger partial charge in [-0.25, -0.2) is 0 Å². The maximum absolute atomic E-state index is 11.1. The number of halogens is 1.